The maximum absolute atomic E-state index is 9.22. The molecular formula is C15H23NO2. The number of benzene rings is 1. The molecule has 1 fully saturated rings. The van der Waals surface area contributed by atoms with E-state index in [4.69, 9.17) is 4.74 Å². The van der Waals surface area contributed by atoms with Crippen LogP contribution >= 0.6 is 0 Å². The first-order valence-corrected chi connectivity index (χ1v) is 6.86. The molecular weight excluding hydrogens is 226 g/mol. The van der Waals surface area contributed by atoms with Gasteiger partial charge in [0, 0.05) is 12.1 Å². The van der Waals surface area contributed by atoms with Gasteiger partial charge in [-0.1, -0.05) is 25.5 Å². The van der Waals surface area contributed by atoms with Crippen LogP contribution in [-0.2, 0) is 6.54 Å². The first kappa shape index (κ1) is 13.4. The molecule has 3 heteroatoms. The Balaban J connectivity index is 1.76. The van der Waals surface area contributed by atoms with Gasteiger partial charge >= 0.3 is 0 Å². The van der Waals surface area contributed by atoms with Gasteiger partial charge in [-0.3, -0.25) is 0 Å². The largest absolute Gasteiger partial charge is 0.494 e. The van der Waals surface area contributed by atoms with Crippen LogP contribution in [0.1, 0.15) is 38.2 Å². The van der Waals surface area contributed by atoms with Crippen molar-refractivity contribution in [3.8, 4) is 5.75 Å². The van der Waals surface area contributed by atoms with Crippen molar-refractivity contribution >= 4 is 0 Å². The molecule has 0 atom stereocenters. The average Bonchev–Trinajstić information content (AvgIpc) is 3.19. The van der Waals surface area contributed by atoms with Gasteiger partial charge in [0.05, 0.1) is 13.2 Å². The first-order chi connectivity index (χ1) is 8.78. The molecule has 0 unspecified atom stereocenters. The number of unbranched alkanes of at least 4 members (excludes halogenated alkanes) is 1. The zero-order chi connectivity index (χ0) is 12.8. The van der Waals surface area contributed by atoms with Gasteiger partial charge in [-0.15, -0.1) is 0 Å². The number of aliphatic hydroxyl groups is 1. The smallest absolute Gasteiger partial charge is 0.119 e. The van der Waals surface area contributed by atoms with Crippen molar-refractivity contribution in [3.63, 3.8) is 0 Å². The van der Waals surface area contributed by atoms with E-state index in [2.05, 4.69) is 24.4 Å². The van der Waals surface area contributed by atoms with Gasteiger partial charge in [0.2, 0.25) is 0 Å². The van der Waals surface area contributed by atoms with Crippen molar-refractivity contribution in [2.45, 2.75) is 44.7 Å². The molecule has 1 aromatic carbocycles. The van der Waals surface area contributed by atoms with Crippen molar-refractivity contribution in [2.24, 2.45) is 0 Å². The van der Waals surface area contributed by atoms with Crippen molar-refractivity contribution in [1.82, 2.24) is 5.32 Å². The van der Waals surface area contributed by atoms with E-state index in [1.54, 1.807) is 0 Å². The van der Waals surface area contributed by atoms with Crippen LogP contribution in [-0.4, -0.2) is 23.9 Å². The van der Waals surface area contributed by atoms with E-state index < -0.39 is 0 Å². The molecule has 3 nitrogen and oxygen atoms in total. The highest BCUT2D eigenvalue weighted by molar-refractivity contribution is 5.27. The molecule has 1 aliphatic carbocycles. The normalized spacial score (nSPS) is 16.6. The Labute approximate surface area is 109 Å². The lowest BCUT2D eigenvalue weighted by Crippen LogP contribution is -2.34. The van der Waals surface area contributed by atoms with E-state index in [0.29, 0.717) is 0 Å². The summed E-state index contributed by atoms with van der Waals surface area (Å²) in [5.41, 5.74) is 1.24. The lowest BCUT2D eigenvalue weighted by atomic mass is 10.2. The minimum absolute atomic E-state index is 0.0102. The standard InChI is InChI=1S/C15H23NO2/c1-2-3-10-18-14-6-4-13(5-7-14)11-16-15(12-17)8-9-15/h4-7,16-17H,2-3,8-12H2,1H3. The SMILES string of the molecule is CCCCOc1ccc(CNC2(CO)CC2)cc1. The fourth-order valence-electron chi connectivity index (χ4n) is 1.87. The Morgan fingerprint density at radius 3 is 2.56 bits per heavy atom. The van der Waals surface area contributed by atoms with Gasteiger partial charge < -0.3 is 15.2 Å². The molecule has 100 valence electrons. The third-order valence-corrected chi connectivity index (χ3v) is 3.51. The quantitative estimate of drug-likeness (QED) is 0.695. The predicted molar refractivity (Wildman–Crippen MR) is 72.7 cm³/mol. The van der Waals surface area contributed by atoms with Gasteiger partial charge in [-0.2, -0.15) is 0 Å². The highest BCUT2D eigenvalue weighted by Gasteiger charge is 2.41. The summed E-state index contributed by atoms with van der Waals surface area (Å²) in [5.74, 6) is 0.940. The summed E-state index contributed by atoms with van der Waals surface area (Å²) in [5, 5.41) is 12.6. The molecule has 2 rings (SSSR count). The van der Waals surface area contributed by atoms with Crippen LogP contribution in [0.4, 0.5) is 0 Å². The zero-order valence-electron chi connectivity index (χ0n) is 11.1. The molecule has 2 N–H and O–H groups in total. The van der Waals surface area contributed by atoms with Crippen molar-refractivity contribution < 1.29 is 9.84 Å². The molecule has 0 spiro atoms. The second-order valence-electron chi connectivity index (χ2n) is 5.14. The highest BCUT2D eigenvalue weighted by Crippen LogP contribution is 2.34. The van der Waals surface area contributed by atoms with Crippen molar-refractivity contribution in [3.05, 3.63) is 29.8 Å². The van der Waals surface area contributed by atoms with Gasteiger partial charge in [-0.05, 0) is 37.0 Å². The van der Waals surface area contributed by atoms with Crippen LogP contribution in [0.3, 0.4) is 0 Å². The van der Waals surface area contributed by atoms with Gasteiger partial charge in [0.15, 0.2) is 0 Å². The fourth-order valence-corrected chi connectivity index (χ4v) is 1.87. The van der Waals surface area contributed by atoms with E-state index in [1.165, 1.54) is 5.56 Å². The molecule has 0 saturated heterocycles. The molecule has 0 radical (unpaired) electrons. The topological polar surface area (TPSA) is 41.5 Å². The number of hydrogen-bond donors (Lipinski definition) is 2. The van der Waals surface area contributed by atoms with Crippen LogP contribution in [0.2, 0.25) is 0 Å². The monoisotopic (exact) mass is 249 g/mol. The summed E-state index contributed by atoms with van der Waals surface area (Å²) in [6.07, 6.45) is 4.43. The first-order valence-electron chi connectivity index (χ1n) is 6.86. The van der Waals surface area contributed by atoms with E-state index in [1.807, 2.05) is 12.1 Å². The summed E-state index contributed by atoms with van der Waals surface area (Å²) < 4.78 is 5.62. The van der Waals surface area contributed by atoms with Gasteiger partial charge in [0.1, 0.15) is 5.75 Å². The third-order valence-electron chi connectivity index (χ3n) is 3.51. The minimum Gasteiger partial charge on any atom is -0.494 e. The molecule has 0 aliphatic heterocycles. The summed E-state index contributed by atoms with van der Waals surface area (Å²) in [4.78, 5) is 0. The molecule has 1 aromatic rings. The van der Waals surface area contributed by atoms with Crippen molar-refractivity contribution in [1.29, 1.82) is 0 Å². The summed E-state index contributed by atoms with van der Waals surface area (Å²) >= 11 is 0. The molecule has 1 aliphatic rings. The molecule has 0 aromatic heterocycles. The third kappa shape index (κ3) is 3.72. The lowest BCUT2D eigenvalue weighted by Gasteiger charge is -2.14. The molecule has 0 amide bonds. The van der Waals surface area contributed by atoms with Crippen LogP contribution in [0.25, 0.3) is 0 Å². The van der Waals surface area contributed by atoms with E-state index >= 15 is 0 Å². The molecule has 18 heavy (non-hydrogen) atoms. The minimum atomic E-state index is 0.0102. The van der Waals surface area contributed by atoms with E-state index in [0.717, 1.165) is 44.6 Å². The molecule has 1 saturated carbocycles. The van der Waals surface area contributed by atoms with Crippen LogP contribution < -0.4 is 10.1 Å². The number of hydrogen-bond acceptors (Lipinski definition) is 3. The Hall–Kier alpha value is -1.06. The number of ether oxygens (including phenoxy) is 1. The van der Waals surface area contributed by atoms with Crippen LogP contribution in [0.15, 0.2) is 24.3 Å². The summed E-state index contributed by atoms with van der Waals surface area (Å²) in [7, 11) is 0. The fraction of sp³-hybridized carbons (Fsp3) is 0.600. The zero-order valence-corrected chi connectivity index (χ0v) is 11.1. The Bertz CT molecular complexity index is 357. The van der Waals surface area contributed by atoms with Gasteiger partial charge in [0.25, 0.3) is 0 Å². The average molecular weight is 249 g/mol. The second-order valence-corrected chi connectivity index (χ2v) is 5.14. The Morgan fingerprint density at radius 2 is 2.00 bits per heavy atom. The van der Waals surface area contributed by atoms with Gasteiger partial charge in [-0.25, -0.2) is 0 Å². The van der Waals surface area contributed by atoms with Crippen molar-refractivity contribution in [2.75, 3.05) is 13.2 Å². The second kappa shape index (κ2) is 6.21. The number of nitrogens with one attached hydrogen (secondary N) is 1. The predicted octanol–water partition coefficient (Wildman–Crippen LogP) is 2.48. The maximum atomic E-state index is 9.22. The Morgan fingerprint density at radius 1 is 1.28 bits per heavy atom. The highest BCUT2D eigenvalue weighted by atomic mass is 16.5. The van der Waals surface area contributed by atoms with Crippen LogP contribution in [0, 0.1) is 0 Å². The maximum Gasteiger partial charge on any atom is 0.119 e. The van der Waals surface area contributed by atoms with Crippen LogP contribution in [0.5, 0.6) is 5.75 Å². The number of aliphatic hydroxyl groups excluding tert-OH is 1. The Kier molecular flexibility index (Phi) is 4.61. The number of rotatable bonds is 8. The lowest BCUT2D eigenvalue weighted by molar-refractivity contribution is 0.229. The summed E-state index contributed by atoms with van der Waals surface area (Å²) in [6.45, 7) is 4.01. The summed E-state index contributed by atoms with van der Waals surface area (Å²) in [6, 6.07) is 8.21. The molecule has 0 bridgehead atoms. The van der Waals surface area contributed by atoms with E-state index in [-0.39, 0.29) is 12.1 Å². The molecule has 0 heterocycles. The van der Waals surface area contributed by atoms with E-state index in [9.17, 15) is 5.11 Å².